The van der Waals surface area contributed by atoms with Gasteiger partial charge in [0.2, 0.25) is 0 Å². The number of hydrogen-bond donors (Lipinski definition) is 0. The van der Waals surface area contributed by atoms with Gasteiger partial charge in [-0.3, -0.25) is 9.97 Å². The summed E-state index contributed by atoms with van der Waals surface area (Å²) in [6.45, 7) is 4.33. The van der Waals surface area contributed by atoms with Gasteiger partial charge in [0.1, 0.15) is 0 Å². The first-order valence-corrected chi connectivity index (χ1v) is 24.4. The van der Waals surface area contributed by atoms with Crippen molar-refractivity contribution in [3.05, 3.63) is 229 Å². The summed E-state index contributed by atoms with van der Waals surface area (Å²) in [5.41, 5.74) is 19.7. The summed E-state index contributed by atoms with van der Waals surface area (Å²) < 4.78 is 2.64. The number of allylic oxidation sites excluding steroid dienone is 3. The summed E-state index contributed by atoms with van der Waals surface area (Å²) in [6.07, 6.45) is 6.92. The number of hydrogen-bond acceptors (Lipinski definition) is 4. The fraction of sp³-hybridized carbons (Fsp3) is 0.0645. The van der Waals surface area contributed by atoms with Gasteiger partial charge in [-0.05, 0) is 76.1 Å². The van der Waals surface area contributed by atoms with Gasteiger partial charge in [0.15, 0.2) is 0 Å². The molecule has 312 valence electrons. The zero-order valence-electron chi connectivity index (χ0n) is 36.5. The molecule has 2 unspecified atom stereocenters. The molecule has 66 heavy (non-hydrogen) atoms. The highest BCUT2D eigenvalue weighted by Gasteiger charge is 2.35. The zero-order chi connectivity index (χ0) is 43.9. The Kier molecular flexibility index (Phi) is 9.26. The molecule has 1 aliphatic carbocycles. The lowest BCUT2D eigenvalue weighted by atomic mass is 9.84. The Morgan fingerprint density at radius 1 is 0.424 bits per heavy atom. The van der Waals surface area contributed by atoms with Gasteiger partial charge in [0, 0.05) is 80.6 Å². The summed E-state index contributed by atoms with van der Waals surface area (Å²) in [7, 11) is 0. The van der Waals surface area contributed by atoms with Crippen LogP contribution in [0.25, 0.3) is 103 Å². The number of fused-ring (bicyclic) bond motifs is 9. The summed E-state index contributed by atoms with van der Waals surface area (Å²) >= 11 is 3.87. The number of aromatic nitrogens is 2. The van der Waals surface area contributed by atoms with E-state index in [0.29, 0.717) is 11.2 Å². The lowest BCUT2D eigenvalue weighted by Gasteiger charge is -2.24. The van der Waals surface area contributed by atoms with Gasteiger partial charge in [0.25, 0.3) is 0 Å². The van der Waals surface area contributed by atoms with Crippen molar-refractivity contribution >= 4 is 70.6 Å². The topological polar surface area (TPSA) is 25.8 Å². The summed E-state index contributed by atoms with van der Waals surface area (Å²) in [5.74, 6) is 0.396. The van der Waals surface area contributed by atoms with Crippen LogP contribution < -0.4 is 0 Å². The molecule has 0 radical (unpaired) electrons. The molecular formula is C62H42N2S2. The molecule has 0 fully saturated rings. The molecule has 0 N–H and O–H groups in total. The van der Waals surface area contributed by atoms with Gasteiger partial charge in [-0.1, -0.05) is 194 Å². The number of pyridine rings is 2. The molecule has 2 aliphatic rings. The first-order chi connectivity index (χ1) is 32.6. The van der Waals surface area contributed by atoms with Crippen molar-refractivity contribution in [3.63, 3.8) is 0 Å². The quantitative estimate of drug-likeness (QED) is 0.156. The first kappa shape index (κ1) is 39.0. The van der Waals surface area contributed by atoms with E-state index < -0.39 is 0 Å². The van der Waals surface area contributed by atoms with Crippen molar-refractivity contribution in [1.82, 2.24) is 9.97 Å². The smallest absolute Gasteiger partial charge is 0.0974 e. The predicted molar refractivity (Wildman–Crippen MR) is 283 cm³/mol. The maximum absolute atomic E-state index is 5.52. The number of aryl methyl sites for hydroxylation is 2. The summed E-state index contributed by atoms with van der Waals surface area (Å²) in [4.78, 5) is 12.4. The van der Waals surface area contributed by atoms with Gasteiger partial charge in [0.05, 0.1) is 11.0 Å². The standard InChI is InChI=1S/C62H42N2S2/c1-37-55(43-31-27-39(28-32-43)45-21-13-23-49-47-19-9-11-25-53(47)65-61(45)49)57(41-15-5-3-6-16-41)51-35-36-52-58(42-17-7-4-8-18-42)56(38(2)64-60(52)59(51)63-37)44-33-29-40(30-34-44)46-22-14-24-50-48-20-10-12-26-54(48)66-62(46)50/h3-36,49,61H,1-2H3. The lowest BCUT2D eigenvalue weighted by molar-refractivity contribution is 0.893. The van der Waals surface area contributed by atoms with E-state index in [0.717, 1.165) is 66.6 Å². The number of thiophene rings is 1. The van der Waals surface area contributed by atoms with E-state index >= 15 is 0 Å². The van der Waals surface area contributed by atoms with Crippen molar-refractivity contribution in [2.75, 3.05) is 0 Å². The van der Waals surface area contributed by atoms with Gasteiger partial charge >= 0.3 is 0 Å². The molecule has 4 heterocycles. The van der Waals surface area contributed by atoms with Gasteiger partial charge < -0.3 is 0 Å². The minimum Gasteiger partial charge on any atom is -0.250 e. The van der Waals surface area contributed by atoms with Crippen LogP contribution in [0.5, 0.6) is 0 Å². The molecule has 0 amide bonds. The number of rotatable bonds is 6. The van der Waals surface area contributed by atoms with Crippen molar-refractivity contribution in [1.29, 1.82) is 0 Å². The van der Waals surface area contributed by atoms with Crippen LogP contribution in [0.2, 0.25) is 0 Å². The van der Waals surface area contributed by atoms with Crippen LogP contribution in [0.15, 0.2) is 211 Å². The highest BCUT2D eigenvalue weighted by atomic mass is 32.2. The van der Waals surface area contributed by atoms with Gasteiger partial charge in [-0.25, -0.2) is 0 Å². The van der Waals surface area contributed by atoms with E-state index in [1.54, 1.807) is 0 Å². The van der Waals surface area contributed by atoms with Gasteiger partial charge in [-0.15, -0.1) is 23.1 Å². The third-order valence-electron chi connectivity index (χ3n) is 13.8. The second-order valence-corrected chi connectivity index (χ2v) is 19.8. The highest BCUT2D eigenvalue weighted by Crippen LogP contribution is 2.53. The summed E-state index contributed by atoms with van der Waals surface area (Å²) in [6, 6.07) is 68.9. The third-order valence-corrected chi connectivity index (χ3v) is 16.4. The van der Waals surface area contributed by atoms with Crippen LogP contribution in [0.1, 0.15) is 28.4 Å². The zero-order valence-corrected chi connectivity index (χ0v) is 38.1. The molecule has 0 saturated heterocycles. The van der Waals surface area contributed by atoms with Crippen LogP contribution in [-0.4, -0.2) is 15.2 Å². The fourth-order valence-electron chi connectivity index (χ4n) is 10.8. The van der Waals surface area contributed by atoms with E-state index in [-0.39, 0.29) is 0 Å². The maximum Gasteiger partial charge on any atom is 0.0974 e. The SMILES string of the molecule is Cc1nc2c(ccc3c(-c4ccccc4)c(-c4ccc(-c5cccc6c5sc5ccccc56)cc4)c(C)nc32)c(-c2ccccc2)c1-c1ccc(C2=CC=CC3c4ccccc4SC23)cc1. The molecule has 3 aromatic heterocycles. The normalized spacial score (nSPS) is 15.4. The van der Waals surface area contributed by atoms with Crippen molar-refractivity contribution in [2.45, 2.75) is 29.9 Å². The average molecular weight is 879 g/mol. The monoisotopic (exact) mass is 878 g/mol. The Morgan fingerprint density at radius 2 is 0.955 bits per heavy atom. The maximum atomic E-state index is 5.52. The lowest BCUT2D eigenvalue weighted by Crippen LogP contribution is -2.13. The molecule has 11 aromatic rings. The van der Waals surface area contributed by atoms with E-state index in [9.17, 15) is 0 Å². The Labute approximate surface area is 392 Å². The molecule has 13 rings (SSSR count). The van der Waals surface area contributed by atoms with Crippen LogP contribution >= 0.6 is 23.1 Å². The number of nitrogens with zero attached hydrogens (tertiary/aromatic N) is 2. The summed E-state index contributed by atoms with van der Waals surface area (Å²) in [5, 5.41) is 5.20. The Balaban J connectivity index is 0.949. The third kappa shape index (κ3) is 6.24. The van der Waals surface area contributed by atoms with Crippen LogP contribution in [0, 0.1) is 13.8 Å². The molecule has 4 heteroatoms. The number of thioether (sulfide) groups is 1. The molecule has 1 aliphatic heterocycles. The minimum atomic E-state index is 0.375. The van der Waals surface area contributed by atoms with Gasteiger partial charge in [-0.2, -0.15) is 0 Å². The Hall–Kier alpha value is -7.37. The highest BCUT2D eigenvalue weighted by molar-refractivity contribution is 8.00. The van der Waals surface area contributed by atoms with Crippen molar-refractivity contribution in [2.24, 2.45) is 0 Å². The van der Waals surface area contributed by atoms with E-state index in [4.69, 9.17) is 9.97 Å². The molecule has 2 nitrogen and oxygen atoms in total. The second kappa shape index (κ2) is 15.7. The number of benzene rings is 8. The Bertz CT molecular complexity index is 3790. The first-order valence-electron chi connectivity index (χ1n) is 22.7. The Morgan fingerprint density at radius 3 is 1.61 bits per heavy atom. The molecule has 0 spiro atoms. The predicted octanol–water partition coefficient (Wildman–Crippen LogP) is 17.3. The van der Waals surface area contributed by atoms with Crippen molar-refractivity contribution in [3.8, 4) is 55.6 Å². The van der Waals surface area contributed by atoms with E-state index in [2.05, 4.69) is 220 Å². The van der Waals surface area contributed by atoms with E-state index in [1.807, 2.05) is 23.1 Å². The minimum absolute atomic E-state index is 0.375. The molecule has 0 saturated carbocycles. The van der Waals surface area contributed by atoms with E-state index in [1.165, 1.54) is 64.0 Å². The van der Waals surface area contributed by atoms with Crippen LogP contribution in [0.3, 0.4) is 0 Å². The van der Waals surface area contributed by atoms with Crippen LogP contribution in [-0.2, 0) is 0 Å². The molecule has 2 atom stereocenters. The average Bonchev–Trinajstić information content (AvgIpc) is 3.95. The molecule has 8 aromatic carbocycles. The fourth-order valence-corrected chi connectivity index (χ4v) is 13.5. The largest absolute Gasteiger partial charge is 0.250 e. The molecule has 0 bridgehead atoms. The van der Waals surface area contributed by atoms with Crippen molar-refractivity contribution < 1.29 is 0 Å². The molecular weight excluding hydrogens is 837 g/mol. The second-order valence-electron chi connectivity index (χ2n) is 17.5. The van der Waals surface area contributed by atoms with Crippen LogP contribution in [0.4, 0.5) is 0 Å².